The van der Waals surface area contributed by atoms with E-state index in [1.54, 1.807) is 11.3 Å². The van der Waals surface area contributed by atoms with E-state index in [9.17, 15) is 14.4 Å². The highest BCUT2D eigenvalue weighted by atomic mass is 32.1. The number of carbonyl (C=O) groups is 3. The predicted octanol–water partition coefficient (Wildman–Crippen LogP) is 1.78. The van der Waals surface area contributed by atoms with Crippen LogP contribution >= 0.6 is 11.3 Å². The van der Waals surface area contributed by atoms with Gasteiger partial charge in [0.25, 0.3) is 0 Å². The Morgan fingerprint density at radius 1 is 1.30 bits per heavy atom. The highest BCUT2D eigenvalue weighted by Crippen LogP contribution is 2.45. The molecule has 1 N–H and O–H groups in total. The number of imide groups is 1. The Bertz CT molecular complexity index is 577. The Hall–Kier alpha value is -1.69. The first-order valence-corrected chi connectivity index (χ1v) is 7.61. The number of amides is 3. The number of nitrogens with zero attached hydrogens (tertiary/aromatic N) is 1. The third-order valence-corrected chi connectivity index (χ3v) is 4.94. The number of rotatable bonds is 3. The summed E-state index contributed by atoms with van der Waals surface area (Å²) in [6, 6.07) is 3.37. The zero-order valence-corrected chi connectivity index (χ0v) is 12.0. The Morgan fingerprint density at radius 3 is 2.65 bits per heavy atom. The van der Waals surface area contributed by atoms with E-state index in [4.69, 9.17) is 0 Å². The number of piperidine rings is 1. The molecule has 1 unspecified atom stereocenters. The molecule has 0 radical (unpaired) electrons. The first kappa shape index (κ1) is 13.3. The zero-order valence-electron chi connectivity index (χ0n) is 11.2. The lowest BCUT2D eigenvalue weighted by atomic mass is 10.0. The van der Waals surface area contributed by atoms with Gasteiger partial charge in [0.1, 0.15) is 6.04 Å². The van der Waals surface area contributed by atoms with Crippen molar-refractivity contribution in [3.05, 3.63) is 17.0 Å². The predicted molar refractivity (Wildman–Crippen MR) is 75.6 cm³/mol. The second-order valence-corrected chi connectivity index (χ2v) is 6.40. The molecule has 0 bridgehead atoms. The van der Waals surface area contributed by atoms with Crippen LogP contribution in [0.5, 0.6) is 0 Å². The summed E-state index contributed by atoms with van der Waals surface area (Å²) < 4.78 is 0. The smallest absolute Gasteiger partial charge is 0.249 e. The second kappa shape index (κ2) is 5.01. The molecule has 3 rings (SSSR count). The van der Waals surface area contributed by atoms with Gasteiger partial charge in [0.2, 0.25) is 17.7 Å². The third-order valence-electron chi connectivity index (χ3n) is 3.69. The van der Waals surface area contributed by atoms with E-state index >= 15 is 0 Å². The summed E-state index contributed by atoms with van der Waals surface area (Å²) in [5.74, 6) is -0.176. The molecule has 2 heterocycles. The van der Waals surface area contributed by atoms with E-state index in [0.29, 0.717) is 12.3 Å². The average Bonchev–Trinajstić information content (AvgIpc) is 3.12. The highest BCUT2D eigenvalue weighted by molar-refractivity contribution is 7.16. The molecular weight excluding hydrogens is 276 g/mol. The van der Waals surface area contributed by atoms with E-state index < -0.39 is 6.04 Å². The molecule has 1 saturated heterocycles. The van der Waals surface area contributed by atoms with Crippen molar-refractivity contribution in [2.24, 2.45) is 0 Å². The van der Waals surface area contributed by atoms with Crippen LogP contribution in [-0.2, 0) is 14.4 Å². The minimum absolute atomic E-state index is 0.163. The quantitative estimate of drug-likeness (QED) is 0.864. The fourth-order valence-electron chi connectivity index (χ4n) is 2.52. The lowest BCUT2D eigenvalue weighted by molar-refractivity contribution is -0.135. The third kappa shape index (κ3) is 2.47. The Balaban J connectivity index is 1.85. The maximum atomic E-state index is 12.0. The van der Waals surface area contributed by atoms with Crippen molar-refractivity contribution in [1.82, 2.24) is 5.32 Å². The van der Waals surface area contributed by atoms with Gasteiger partial charge in [0.05, 0.1) is 5.00 Å². The molecule has 1 aliphatic carbocycles. The van der Waals surface area contributed by atoms with E-state index in [2.05, 4.69) is 5.32 Å². The largest absolute Gasteiger partial charge is 0.295 e. The van der Waals surface area contributed by atoms with Gasteiger partial charge in [0.15, 0.2) is 0 Å². The first-order chi connectivity index (χ1) is 9.56. The van der Waals surface area contributed by atoms with Crippen LogP contribution in [0.2, 0.25) is 0 Å². The van der Waals surface area contributed by atoms with Gasteiger partial charge in [-0.15, -0.1) is 11.3 Å². The van der Waals surface area contributed by atoms with Crippen molar-refractivity contribution in [2.45, 2.75) is 44.6 Å². The maximum Gasteiger partial charge on any atom is 0.249 e. The van der Waals surface area contributed by atoms with Crippen molar-refractivity contribution in [1.29, 1.82) is 0 Å². The van der Waals surface area contributed by atoms with E-state index in [-0.39, 0.29) is 24.1 Å². The molecule has 1 aromatic heterocycles. The number of nitrogens with one attached hydrogen (secondary N) is 1. The summed E-state index contributed by atoms with van der Waals surface area (Å²) in [7, 11) is 0. The molecule has 3 amide bonds. The standard InChI is InChI=1S/C14H16N2O3S/c1-8(17)16(10-4-6-12(18)15-14(10)19)13-7-5-11(20-13)9-2-3-9/h5,7,9-10H,2-4,6H2,1H3,(H,15,18,19). The molecule has 0 aromatic carbocycles. The Morgan fingerprint density at radius 2 is 2.05 bits per heavy atom. The van der Waals surface area contributed by atoms with Crippen LogP contribution in [-0.4, -0.2) is 23.8 Å². The number of hydrogen-bond acceptors (Lipinski definition) is 4. The van der Waals surface area contributed by atoms with Crippen molar-refractivity contribution in [2.75, 3.05) is 4.90 Å². The number of hydrogen-bond donors (Lipinski definition) is 1. The summed E-state index contributed by atoms with van der Waals surface area (Å²) in [6.07, 6.45) is 3.08. The van der Waals surface area contributed by atoms with E-state index in [1.165, 1.54) is 29.5 Å². The first-order valence-electron chi connectivity index (χ1n) is 6.79. The van der Waals surface area contributed by atoms with Gasteiger partial charge in [-0.2, -0.15) is 0 Å². The molecule has 2 fully saturated rings. The van der Waals surface area contributed by atoms with E-state index in [1.807, 2.05) is 12.1 Å². The van der Waals surface area contributed by atoms with Crippen molar-refractivity contribution in [3.63, 3.8) is 0 Å². The van der Waals surface area contributed by atoms with Gasteiger partial charge in [-0.1, -0.05) is 0 Å². The molecule has 1 atom stereocenters. The van der Waals surface area contributed by atoms with Crippen LogP contribution in [0.3, 0.4) is 0 Å². The van der Waals surface area contributed by atoms with Crippen LogP contribution < -0.4 is 10.2 Å². The van der Waals surface area contributed by atoms with Crippen LogP contribution in [0.4, 0.5) is 5.00 Å². The fraction of sp³-hybridized carbons (Fsp3) is 0.500. The minimum atomic E-state index is -0.573. The minimum Gasteiger partial charge on any atom is -0.295 e. The Kier molecular flexibility index (Phi) is 3.33. The van der Waals surface area contributed by atoms with Crippen LogP contribution in [0.1, 0.15) is 43.4 Å². The van der Waals surface area contributed by atoms with Crippen molar-refractivity contribution < 1.29 is 14.4 Å². The van der Waals surface area contributed by atoms with Gasteiger partial charge < -0.3 is 0 Å². The molecule has 5 nitrogen and oxygen atoms in total. The van der Waals surface area contributed by atoms with Gasteiger partial charge in [-0.05, 0) is 37.3 Å². The molecular formula is C14H16N2O3S. The van der Waals surface area contributed by atoms with Crippen LogP contribution in [0, 0.1) is 0 Å². The molecule has 0 spiro atoms. The topological polar surface area (TPSA) is 66.5 Å². The van der Waals surface area contributed by atoms with E-state index in [0.717, 1.165) is 5.00 Å². The monoisotopic (exact) mass is 292 g/mol. The number of anilines is 1. The number of thiophene rings is 1. The highest BCUT2D eigenvalue weighted by Gasteiger charge is 2.35. The van der Waals surface area contributed by atoms with Gasteiger partial charge in [-0.3, -0.25) is 24.6 Å². The van der Waals surface area contributed by atoms with Gasteiger partial charge in [-0.25, -0.2) is 0 Å². The lowest BCUT2D eigenvalue weighted by Gasteiger charge is -2.31. The summed E-state index contributed by atoms with van der Waals surface area (Å²) in [4.78, 5) is 37.9. The summed E-state index contributed by atoms with van der Waals surface area (Å²) in [5, 5.41) is 3.11. The molecule has 20 heavy (non-hydrogen) atoms. The normalized spacial score (nSPS) is 22.6. The SMILES string of the molecule is CC(=O)N(c1ccc(C2CC2)s1)C1CCC(=O)NC1=O. The maximum absolute atomic E-state index is 12.0. The molecule has 106 valence electrons. The van der Waals surface area contributed by atoms with Crippen molar-refractivity contribution in [3.8, 4) is 0 Å². The lowest BCUT2D eigenvalue weighted by Crippen LogP contribution is -2.54. The van der Waals surface area contributed by atoms with Gasteiger partial charge >= 0.3 is 0 Å². The summed E-state index contributed by atoms with van der Waals surface area (Å²) >= 11 is 1.58. The summed E-state index contributed by atoms with van der Waals surface area (Å²) in [6.45, 7) is 1.46. The summed E-state index contributed by atoms with van der Waals surface area (Å²) in [5.41, 5.74) is 0. The molecule has 2 aliphatic rings. The molecule has 1 aromatic rings. The Labute approximate surface area is 121 Å². The van der Waals surface area contributed by atoms with Crippen molar-refractivity contribution >= 4 is 34.1 Å². The van der Waals surface area contributed by atoms with Crippen LogP contribution in [0.25, 0.3) is 0 Å². The molecule has 1 saturated carbocycles. The molecule has 1 aliphatic heterocycles. The zero-order chi connectivity index (χ0) is 14.3. The fourth-order valence-corrected chi connectivity index (χ4v) is 3.79. The number of carbonyl (C=O) groups excluding carboxylic acids is 3. The second-order valence-electron chi connectivity index (χ2n) is 5.31. The average molecular weight is 292 g/mol. The molecule has 6 heteroatoms. The van der Waals surface area contributed by atoms with Crippen LogP contribution in [0.15, 0.2) is 12.1 Å². The van der Waals surface area contributed by atoms with Gasteiger partial charge in [0, 0.05) is 18.2 Å².